The van der Waals surface area contributed by atoms with E-state index in [2.05, 4.69) is 44.9 Å². The fourth-order valence-corrected chi connectivity index (χ4v) is 5.42. The zero-order chi connectivity index (χ0) is 24.9. The third-order valence-electron chi connectivity index (χ3n) is 6.25. The molecule has 1 aliphatic carbocycles. The summed E-state index contributed by atoms with van der Waals surface area (Å²) in [6.07, 6.45) is 4.51. The zero-order valence-corrected chi connectivity index (χ0v) is 22.4. The number of rotatable bonds is 6. The number of allylic oxidation sites excluding steroid dienone is 1. The summed E-state index contributed by atoms with van der Waals surface area (Å²) in [6, 6.07) is -0.337. The molecule has 0 aromatic carbocycles. The quantitative estimate of drug-likeness (QED) is 0.589. The Morgan fingerprint density at radius 3 is 2.27 bits per heavy atom. The fourth-order valence-electron chi connectivity index (χ4n) is 4.25. The van der Waals surface area contributed by atoms with E-state index in [4.69, 9.17) is 0 Å². The standard InChI is InChI=1S/C26H41N3O3S/c1-17-9-11-19(12-10-17)25(32)29(18(2)15-22(30)28(7)8)21-16-20(13-14-26(3,4)5)33-23(21)24(31)27-6/h17-20H,9-12,15-16H2,1-8H3,(H,27,31). The van der Waals surface area contributed by atoms with Crippen LogP contribution in [0.25, 0.3) is 0 Å². The van der Waals surface area contributed by atoms with Crippen molar-refractivity contribution in [3.05, 3.63) is 10.6 Å². The van der Waals surface area contributed by atoms with Crippen LogP contribution < -0.4 is 5.32 Å². The third kappa shape index (κ3) is 7.53. The van der Waals surface area contributed by atoms with E-state index in [1.807, 2.05) is 6.92 Å². The van der Waals surface area contributed by atoms with Crippen LogP contribution in [0.4, 0.5) is 0 Å². The van der Waals surface area contributed by atoms with Gasteiger partial charge in [-0.2, -0.15) is 0 Å². The molecule has 3 amide bonds. The second-order valence-electron chi connectivity index (χ2n) is 10.7. The Morgan fingerprint density at radius 1 is 1.15 bits per heavy atom. The molecule has 0 radical (unpaired) electrons. The van der Waals surface area contributed by atoms with Crippen LogP contribution in [0.3, 0.4) is 0 Å². The van der Waals surface area contributed by atoms with Gasteiger partial charge in [0.1, 0.15) is 0 Å². The number of thioether (sulfide) groups is 1. The highest BCUT2D eigenvalue weighted by Gasteiger charge is 2.39. The largest absolute Gasteiger partial charge is 0.355 e. The van der Waals surface area contributed by atoms with Gasteiger partial charge in [0.15, 0.2) is 0 Å². The maximum atomic E-state index is 13.9. The summed E-state index contributed by atoms with van der Waals surface area (Å²) >= 11 is 1.43. The van der Waals surface area contributed by atoms with Crippen LogP contribution in [0.5, 0.6) is 0 Å². The topological polar surface area (TPSA) is 69.7 Å². The van der Waals surface area contributed by atoms with Crippen molar-refractivity contribution in [1.29, 1.82) is 0 Å². The molecular formula is C26H41N3O3S. The van der Waals surface area contributed by atoms with Gasteiger partial charge in [0, 0.05) is 57.1 Å². The molecule has 6 nitrogen and oxygen atoms in total. The second-order valence-corrected chi connectivity index (χ2v) is 11.9. The molecule has 7 heteroatoms. The summed E-state index contributed by atoms with van der Waals surface area (Å²) in [7, 11) is 5.06. The molecular weight excluding hydrogens is 434 g/mol. The van der Waals surface area contributed by atoms with Crippen molar-refractivity contribution < 1.29 is 14.4 Å². The number of likely N-dealkylation sites (N-methyl/N-ethyl adjacent to an activating group) is 1. The minimum Gasteiger partial charge on any atom is -0.355 e. The van der Waals surface area contributed by atoms with Crippen LogP contribution in [0.1, 0.15) is 73.1 Å². The molecule has 0 spiro atoms. The van der Waals surface area contributed by atoms with Gasteiger partial charge in [-0.05, 0) is 59.3 Å². The molecule has 1 fully saturated rings. The minimum atomic E-state index is -0.337. The van der Waals surface area contributed by atoms with Crippen LogP contribution in [0, 0.1) is 29.1 Å². The molecule has 2 rings (SSSR count). The van der Waals surface area contributed by atoms with Crippen LogP contribution >= 0.6 is 11.8 Å². The van der Waals surface area contributed by atoms with Crippen molar-refractivity contribution in [3.8, 4) is 11.8 Å². The highest BCUT2D eigenvalue weighted by atomic mass is 32.2. The van der Waals surface area contributed by atoms with Crippen LogP contribution in [-0.2, 0) is 14.4 Å². The smallest absolute Gasteiger partial charge is 0.259 e. The number of nitrogens with one attached hydrogen (secondary N) is 1. The number of amides is 3. The predicted molar refractivity (Wildman–Crippen MR) is 135 cm³/mol. The molecule has 0 aromatic rings. The lowest BCUT2D eigenvalue weighted by Crippen LogP contribution is -2.45. The van der Waals surface area contributed by atoms with Gasteiger partial charge in [-0.15, -0.1) is 11.8 Å². The number of hydrogen-bond donors (Lipinski definition) is 1. The summed E-state index contributed by atoms with van der Waals surface area (Å²) in [4.78, 5) is 43.1. The Balaban J connectivity index is 2.44. The maximum absolute atomic E-state index is 13.9. The highest BCUT2D eigenvalue weighted by Crippen LogP contribution is 2.42. The average Bonchev–Trinajstić information content (AvgIpc) is 3.15. The molecule has 33 heavy (non-hydrogen) atoms. The Hall–Kier alpha value is -1.94. The van der Waals surface area contributed by atoms with Gasteiger partial charge in [-0.3, -0.25) is 14.4 Å². The number of nitrogens with zero attached hydrogens (tertiary/aromatic N) is 2. The Morgan fingerprint density at radius 2 is 1.76 bits per heavy atom. The SMILES string of the molecule is CNC(=O)C1=C(N(C(=O)C2CCC(C)CC2)C(C)CC(=O)N(C)C)CC(C#CC(C)(C)C)S1. The number of carbonyl (C=O) groups excluding carboxylic acids is 3. The number of hydrogen-bond acceptors (Lipinski definition) is 4. The van der Waals surface area contributed by atoms with Gasteiger partial charge in [-0.25, -0.2) is 0 Å². The third-order valence-corrected chi connectivity index (χ3v) is 7.47. The van der Waals surface area contributed by atoms with Crippen LogP contribution in [-0.4, -0.2) is 60.0 Å². The van der Waals surface area contributed by atoms with Crippen molar-refractivity contribution in [2.24, 2.45) is 17.3 Å². The molecule has 1 heterocycles. The number of carbonyl (C=O) groups is 3. The normalized spacial score (nSPS) is 23.9. The van der Waals surface area contributed by atoms with Crippen molar-refractivity contribution >= 4 is 29.5 Å². The predicted octanol–water partition coefficient (Wildman–Crippen LogP) is 4.02. The first-order chi connectivity index (χ1) is 15.3. The highest BCUT2D eigenvalue weighted by molar-refractivity contribution is 8.05. The Labute approximate surface area is 204 Å². The first-order valence-electron chi connectivity index (χ1n) is 12.0. The molecule has 184 valence electrons. The lowest BCUT2D eigenvalue weighted by molar-refractivity contribution is -0.138. The molecule has 0 bridgehead atoms. The molecule has 1 saturated carbocycles. The van der Waals surface area contributed by atoms with E-state index in [0.717, 1.165) is 31.4 Å². The van der Waals surface area contributed by atoms with E-state index >= 15 is 0 Å². The Kier molecular flexibility index (Phi) is 9.48. The molecule has 0 aromatic heterocycles. The summed E-state index contributed by atoms with van der Waals surface area (Å²) < 4.78 is 0. The maximum Gasteiger partial charge on any atom is 0.259 e. The van der Waals surface area contributed by atoms with Crippen LogP contribution in [0.15, 0.2) is 10.6 Å². The molecule has 0 saturated heterocycles. The van der Waals surface area contributed by atoms with Gasteiger partial charge < -0.3 is 15.1 Å². The molecule has 2 aliphatic rings. The minimum absolute atomic E-state index is 0.0330. The van der Waals surface area contributed by atoms with Gasteiger partial charge in [0.25, 0.3) is 5.91 Å². The lowest BCUT2D eigenvalue weighted by atomic mass is 9.82. The van der Waals surface area contributed by atoms with Gasteiger partial charge in [0.2, 0.25) is 11.8 Å². The fraction of sp³-hybridized carbons (Fsp3) is 0.731. The van der Waals surface area contributed by atoms with Crippen LogP contribution in [0.2, 0.25) is 0 Å². The average molecular weight is 476 g/mol. The molecule has 2 unspecified atom stereocenters. The second kappa shape index (κ2) is 11.5. The first-order valence-corrected chi connectivity index (χ1v) is 12.9. The zero-order valence-electron chi connectivity index (χ0n) is 21.6. The van der Waals surface area contributed by atoms with Crippen molar-refractivity contribution in [2.45, 2.75) is 84.4 Å². The summed E-state index contributed by atoms with van der Waals surface area (Å²) in [5, 5.41) is 2.64. The summed E-state index contributed by atoms with van der Waals surface area (Å²) in [5.74, 6) is 6.98. The Bertz CT molecular complexity index is 839. The van der Waals surface area contributed by atoms with E-state index in [9.17, 15) is 14.4 Å². The van der Waals surface area contributed by atoms with Gasteiger partial charge >= 0.3 is 0 Å². The van der Waals surface area contributed by atoms with Gasteiger partial charge in [-0.1, -0.05) is 18.8 Å². The van der Waals surface area contributed by atoms with Crippen molar-refractivity contribution in [3.63, 3.8) is 0 Å². The van der Waals surface area contributed by atoms with E-state index in [1.165, 1.54) is 11.8 Å². The van der Waals surface area contributed by atoms with E-state index in [-0.39, 0.29) is 46.8 Å². The van der Waals surface area contributed by atoms with E-state index in [1.54, 1.807) is 30.9 Å². The first kappa shape index (κ1) is 27.3. The van der Waals surface area contributed by atoms with Crippen molar-refractivity contribution in [2.75, 3.05) is 21.1 Å². The van der Waals surface area contributed by atoms with Gasteiger partial charge in [0.05, 0.1) is 10.2 Å². The molecule has 1 aliphatic heterocycles. The molecule has 1 N–H and O–H groups in total. The van der Waals surface area contributed by atoms with E-state index < -0.39 is 0 Å². The lowest BCUT2D eigenvalue weighted by Gasteiger charge is -2.36. The van der Waals surface area contributed by atoms with E-state index in [0.29, 0.717) is 17.2 Å². The monoisotopic (exact) mass is 475 g/mol. The molecule has 2 atom stereocenters. The summed E-state index contributed by atoms with van der Waals surface area (Å²) in [6.45, 7) is 10.3. The summed E-state index contributed by atoms with van der Waals surface area (Å²) in [5.41, 5.74) is 0.575. The van der Waals surface area contributed by atoms with Crippen molar-refractivity contribution in [1.82, 2.24) is 15.1 Å².